The first-order valence-electron chi connectivity index (χ1n) is 5.88. The van der Waals surface area contributed by atoms with E-state index in [2.05, 4.69) is 5.32 Å². The van der Waals surface area contributed by atoms with Crippen LogP contribution in [0.25, 0.3) is 0 Å². The second-order valence-corrected chi connectivity index (χ2v) is 4.62. The zero-order valence-electron chi connectivity index (χ0n) is 10.7. The van der Waals surface area contributed by atoms with E-state index in [1.54, 1.807) is 7.11 Å². The third kappa shape index (κ3) is 2.47. The lowest BCUT2D eigenvalue weighted by Crippen LogP contribution is -2.51. The molecule has 0 aromatic heterocycles. The number of nitrogens with one attached hydrogen (secondary N) is 1. The lowest BCUT2D eigenvalue weighted by Gasteiger charge is -2.21. The Morgan fingerprint density at radius 3 is 2.94 bits per heavy atom. The van der Waals surface area contributed by atoms with Crippen molar-refractivity contribution in [1.82, 2.24) is 0 Å². The van der Waals surface area contributed by atoms with Gasteiger partial charge >= 0.3 is 0 Å². The maximum absolute atomic E-state index is 12.1. The highest BCUT2D eigenvalue weighted by molar-refractivity contribution is 5.99. The topological polar surface area (TPSA) is 73.6 Å². The Labute approximate surface area is 106 Å². The molecule has 1 amide bonds. The molecule has 3 N–H and O–H groups in total. The molecule has 1 heterocycles. The fourth-order valence-electron chi connectivity index (χ4n) is 1.91. The van der Waals surface area contributed by atoms with Gasteiger partial charge in [-0.25, -0.2) is 0 Å². The minimum absolute atomic E-state index is 0.234. The standard InChI is InChI=1S/C13H18N2O3/c1-9-3-4-10(11(7-9)17-2)15-12(16)13(14)5-6-18-8-13/h3-4,7H,5-6,8,14H2,1-2H3,(H,15,16). The maximum Gasteiger partial charge on any atom is 0.247 e. The van der Waals surface area contributed by atoms with Gasteiger partial charge in [-0.2, -0.15) is 0 Å². The average molecular weight is 250 g/mol. The fraction of sp³-hybridized carbons (Fsp3) is 0.462. The number of rotatable bonds is 3. The average Bonchev–Trinajstić information content (AvgIpc) is 2.79. The van der Waals surface area contributed by atoms with Crippen LogP contribution in [0.3, 0.4) is 0 Å². The first-order valence-corrected chi connectivity index (χ1v) is 5.88. The van der Waals surface area contributed by atoms with Crippen LogP contribution in [0.5, 0.6) is 5.75 Å². The summed E-state index contributed by atoms with van der Waals surface area (Å²) in [6.07, 6.45) is 0.535. The zero-order valence-corrected chi connectivity index (χ0v) is 10.7. The Morgan fingerprint density at radius 1 is 1.56 bits per heavy atom. The van der Waals surface area contributed by atoms with Crippen molar-refractivity contribution >= 4 is 11.6 Å². The van der Waals surface area contributed by atoms with Gasteiger partial charge in [0, 0.05) is 6.61 Å². The van der Waals surface area contributed by atoms with Crippen LogP contribution in [-0.4, -0.2) is 31.8 Å². The van der Waals surface area contributed by atoms with Gasteiger partial charge < -0.3 is 20.5 Å². The Hall–Kier alpha value is -1.59. The van der Waals surface area contributed by atoms with E-state index in [-0.39, 0.29) is 12.5 Å². The number of hydrogen-bond acceptors (Lipinski definition) is 4. The van der Waals surface area contributed by atoms with Gasteiger partial charge in [-0.1, -0.05) is 6.07 Å². The van der Waals surface area contributed by atoms with E-state index in [0.717, 1.165) is 5.56 Å². The van der Waals surface area contributed by atoms with Gasteiger partial charge in [0.05, 0.1) is 19.4 Å². The minimum Gasteiger partial charge on any atom is -0.495 e. The van der Waals surface area contributed by atoms with Crippen LogP contribution in [0, 0.1) is 6.92 Å². The summed E-state index contributed by atoms with van der Waals surface area (Å²) in [5, 5.41) is 2.80. The maximum atomic E-state index is 12.1. The van der Waals surface area contributed by atoms with Crippen LogP contribution >= 0.6 is 0 Å². The summed E-state index contributed by atoms with van der Waals surface area (Å²) in [5.74, 6) is 0.396. The number of amides is 1. The van der Waals surface area contributed by atoms with Crippen molar-refractivity contribution in [3.63, 3.8) is 0 Å². The van der Waals surface area contributed by atoms with E-state index >= 15 is 0 Å². The lowest BCUT2D eigenvalue weighted by atomic mass is 9.99. The molecule has 0 bridgehead atoms. The molecule has 1 unspecified atom stereocenters. The molecule has 1 aliphatic rings. The van der Waals surface area contributed by atoms with Crippen LogP contribution in [0.4, 0.5) is 5.69 Å². The first kappa shape index (κ1) is 12.9. The van der Waals surface area contributed by atoms with Crippen LogP contribution in [0.2, 0.25) is 0 Å². The number of carbonyl (C=O) groups is 1. The molecular formula is C13H18N2O3. The van der Waals surface area contributed by atoms with Gasteiger partial charge in [0.25, 0.3) is 0 Å². The van der Waals surface area contributed by atoms with E-state index in [9.17, 15) is 4.79 Å². The van der Waals surface area contributed by atoms with Gasteiger partial charge in [0.1, 0.15) is 11.3 Å². The van der Waals surface area contributed by atoms with Crippen molar-refractivity contribution < 1.29 is 14.3 Å². The van der Waals surface area contributed by atoms with Gasteiger partial charge in [-0.3, -0.25) is 4.79 Å². The number of hydrogen-bond donors (Lipinski definition) is 2. The van der Waals surface area contributed by atoms with Crippen molar-refractivity contribution in [3.8, 4) is 5.75 Å². The highest BCUT2D eigenvalue weighted by atomic mass is 16.5. The molecule has 0 spiro atoms. The molecule has 98 valence electrons. The third-order valence-electron chi connectivity index (χ3n) is 3.11. The molecule has 1 fully saturated rings. The molecular weight excluding hydrogens is 232 g/mol. The molecule has 1 aromatic rings. The van der Waals surface area contributed by atoms with Gasteiger partial charge in [0.15, 0.2) is 0 Å². The number of nitrogens with two attached hydrogens (primary N) is 1. The van der Waals surface area contributed by atoms with E-state index in [0.29, 0.717) is 24.5 Å². The molecule has 5 heteroatoms. The number of aryl methyl sites for hydroxylation is 1. The summed E-state index contributed by atoms with van der Waals surface area (Å²) in [4.78, 5) is 12.1. The van der Waals surface area contributed by atoms with Gasteiger partial charge in [0.2, 0.25) is 5.91 Å². The summed E-state index contributed by atoms with van der Waals surface area (Å²) in [6.45, 7) is 2.74. The summed E-state index contributed by atoms with van der Waals surface area (Å²) in [7, 11) is 1.57. The Morgan fingerprint density at radius 2 is 2.33 bits per heavy atom. The van der Waals surface area contributed by atoms with Crippen molar-refractivity contribution in [2.75, 3.05) is 25.6 Å². The summed E-state index contributed by atoms with van der Waals surface area (Å²) >= 11 is 0. The SMILES string of the molecule is COc1cc(C)ccc1NC(=O)C1(N)CCOC1. The second-order valence-electron chi connectivity index (χ2n) is 4.62. The Balaban J connectivity index is 2.16. The molecule has 1 aromatic carbocycles. The highest BCUT2D eigenvalue weighted by Gasteiger charge is 2.38. The molecule has 1 aliphatic heterocycles. The molecule has 5 nitrogen and oxygen atoms in total. The minimum atomic E-state index is -0.935. The Kier molecular flexibility index (Phi) is 3.54. The number of benzene rings is 1. The zero-order chi connectivity index (χ0) is 13.2. The largest absolute Gasteiger partial charge is 0.495 e. The molecule has 0 aliphatic carbocycles. The van der Waals surface area contributed by atoms with E-state index in [4.69, 9.17) is 15.2 Å². The normalized spacial score (nSPS) is 22.8. The van der Waals surface area contributed by atoms with Crippen LogP contribution < -0.4 is 15.8 Å². The quantitative estimate of drug-likeness (QED) is 0.841. The lowest BCUT2D eigenvalue weighted by molar-refractivity contribution is -0.121. The first-order chi connectivity index (χ1) is 8.55. The number of ether oxygens (including phenoxy) is 2. The van der Waals surface area contributed by atoms with Gasteiger partial charge in [-0.05, 0) is 31.0 Å². The van der Waals surface area contributed by atoms with Gasteiger partial charge in [-0.15, -0.1) is 0 Å². The van der Waals surface area contributed by atoms with Crippen molar-refractivity contribution in [2.45, 2.75) is 18.9 Å². The van der Waals surface area contributed by atoms with Crippen molar-refractivity contribution in [2.24, 2.45) is 5.73 Å². The second kappa shape index (κ2) is 4.96. The van der Waals surface area contributed by atoms with E-state index in [1.165, 1.54) is 0 Å². The molecule has 2 rings (SSSR count). The molecule has 0 radical (unpaired) electrons. The third-order valence-corrected chi connectivity index (χ3v) is 3.11. The van der Waals surface area contributed by atoms with Crippen LogP contribution in [-0.2, 0) is 9.53 Å². The number of carbonyl (C=O) groups excluding carboxylic acids is 1. The summed E-state index contributed by atoms with van der Waals surface area (Å²) in [5.41, 5.74) is 6.76. The Bertz CT molecular complexity index is 454. The van der Waals surface area contributed by atoms with Crippen molar-refractivity contribution in [1.29, 1.82) is 0 Å². The molecule has 1 atom stereocenters. The highest BCUT2D eigenvalue weighted by Crippen LogP contribution is 2.27. The predicted molar refractivity (Wildman–Crippen MR) is 68.7 cm³/mol. The summed E-state index contributed by atoms with van der Waals surface area (Å²) in [6, 6.07) is 5.58. The number of anilines is 1. The number of methoxy groups -OCH3 is 1. The van der Waals surface area contributed by atoms with Crippen LogP contribution in [0.1, 0.15) is 12.0 Å². The smallest absolute Gasteiger partial charge is 0.247 e. The van der Waals surface area contributed by atoms with Crippen LogP contribution in [0.15, 0.2) is 18.2 Å². The van der Waals surface area contributed by atoms with Crippen molar-refractivity contribution in [3.05, 3.63) is 23.8 Å². The molecule has 18 heavy (non-hydrogen) atoms. The predicted octanol–water partition coefficient (Wildman–Crippen LogP) is 1.06. The summed E-state index contributed by atoms with van der Waals surface area (Å²) < 4.78 is 10.4. The van der Waals surface area contributed by atoms with E-state index in [1.807, 2.05) is 25.1 Å². The molecule has 0 saturated carbocycles. The fourth-order valence-corrected chi connectivity index (χ4v) is 1.91. The van der Waals surface area contributed by atoms with E-state index < -0.39 is 5.54 Å². The monoisotopic (exact) mass is 250 g/mol. The molecule has 1 saturated heterocycles.